The summed E-state index contributed by atoms with van der Waals surface area (Å²) in [5.74, 6) is -2.25. The van der Waals surface area contributed by atoms with Crippen LogP contribution in [0.15, 0.2) is 42.5 Å². The molecule has 2 rings (SSSR count). The third-order valence-corrected chi connectivity index (χ3v) is 2.89. The fraction of sp³-hybridized carbons (Fsp3) is 0.133. The molecular formula is C15H14F2N2O. The zero-order valence-electron chi connectivity index (χ0n) is 10.9. The van der Waals surface area contributed by atoms with Crippen molar-refractivity contribution in [2.45, 2.75) is 13.0 Å². The number of anilines is 1. The van der Waals surface area contributed by atoms with Crippen molar-refractivity contribution < 1.29 is 13.6 Å². The first-order chi connectivity index (χ1) is 9.47. The lowest BCUT2D eigenvalue weighted by Crippen LogP contribution is -2.28. The van der Waals surface area contributed by atoms with Gasteiger partial charge in [0.1, 0.15) is 17.7 Å². The largest absolute Gasteiger partial charge is 0.370 e. The molecule has 0 heterocycles. The van der Waals surface area contributed by atoms with Gasteiger partial charge in [0.05, 0.1) is 0 Å². The standard InChI is InChI=1S/C15H14F2N2O/c1-9-3-2-4-11(7-9)19-14(15(18)20)12-6-5-10(16)8-13(12)17/h2-8,14,19H,1H3,(H2,18,20). The summed E-state index contributed by atoms with van der Waals surface area (Å²) >= 11 is 0. The van der Waals surface area contributed by atoms with Gasteiger partial charge in [0.2, 0.25) is 5.91 Å². The molecule has 0 fully saturated rings. The molecular weight excluding hydrogens is 262 g/mol. The number of halogens is 2. The summed E-state index contributed by atoms with van der Waals surface area (Å²) in [7, 11) is 0. The highest BCUT2D eigenvalue weighted by atomic mass is 19.1. The Morgan fingerprint density at radius 2 is 1.95 bits per heavy atom. The van der Waals surface area contributed by atoms with Crippen molar-refractivity contribution in [3.63, 3.8) is 0 Å². The van der Waals surface area contributed by atoms with Crippen molar-refractivity contribution >= 4 is 11.6 Å². The Bertz CT molecular complexity index is 644. The Morgan fingerprint density at radius 1 is 1.20 bits per heavy atom. The maximum Gasteiger partial charge on any atom is 0.244 e. The van der Waals surface area contributed by atoms with Gasteiger partial charge in [-0.3, -0.25) is 4.79 Å². The van der Waals surface area contributed by atoms with E-state index in [0.29, 0.717) is 5.69 Å². The number of nitrogens with two attached hydrogens (primary N) is 1. The second-order valence-corrected chi connectivity index (χ2v) is 4.52. The molecule has 104 valence electrons. The van der Waals surface area contributed by atoms with Crippen LogP contribution in [0.3, 0.4) is 0 Å². The summed E-state index contributed by atoms with van der Waals surface area (Å²) in [6.07, 6.45) is 0. The molecule has 0 radical (unpaired) electrons. The van der Waals surface area contributed by atoms with E-state index in [-0.39, 0.29) is 5.56 Å². The van der Waals surface area contributed by atoms with Crippen LogP contribution in [0.2, 0.25) is 0 Å². The summed E-state index contributed by atoms with van der Waals surface area (Å²) in [6.45, 7) is 1.89. The minimum atomic E-state index is -1.06. The van der Waals surface area contributed by atoms with Crippen LogP contribution in [0.25, 0.3) is 0 Å². The number of hydrogen-bond donors (Lipinski definition) is 2. The van der Waals surface area contributed by atoms with Crippen LogP contribution in [0.5, 0.6) is 0 Å². The monoisotopic (exact) mass is 276 g/mol. The maximum atomic E-state index is 13.8. The second-order valence-electron chi connectivity index (χ2n) is 4.52. The number of carbonyl (C=O) groups excluding carboxylic acids is 1. The van der Waals surface area contributed by atoms with Crippen LogP contribution in [-0.4, -0.2) is 5.91 Å². The Kier molecular flexibility index (Phi) is 3.98. The Morgan fingerprint density at radius 3 is 2.55 bits per heavy atom. The zero-order valence-corrected chi connectivity index (χ0v) is 10.9. The number of benzene rings is 2. The van der Waals surface area contributed by atoms with Gasteiger partial charge in [-0.15, -0.1) is 0 Å². The van der Waals surface area contributed by atoms with Gasteiger partial charge < -0.3 is 11.1 Å². The second kappa shape index (κ2) is 5.69. The first kappa shape index (κ1) is 14.0. The van der Waals surface area contributed by atoms with E-state index in [0.717, 1.165) is 17.7 Å². The topological polar surface area (TPSA) is 55.1 Å². The van der Waals surface area contributed by atoms with Crippen LogP contribution in [0.4, 0.5) is 14.5 Å². The molecule has 0 aliphatic rings. The minimum Gasteiger partial charge on any atom is -0.370 e. The lowest BCUT2D eigenvalue weighted by atomic mass is 10.0. The third-order valence-electron chi connectivity index (χ3n) is 2.89. The highest BCUT2D eigenvalue weighted by Gasteiger charge is 2.21. The average Bonchev–Trinajstić information content (AvgIpc) is 2.36. The van der Waals surface area contributed by atoms with E-state index in [4.69, 9.17) is 5.73 Å². The van der Waals surface area contributed by atoms with Crippen molar-refractivity contribution in [3.05, 3.63) is 65.2 Å². The predicted octanol–water partition coefficient (Wildman–Crippen LogP) is 2.91. The molecule has 20 heavy (non-hydrogen) atoms. The number of aryl methyl sites for hydroxylation is 1. The van der Waals surface area contributed by atoms with Crippen LogP contribution >= 0.6 is 0 Å². The fourth-order valence-electron chi connectivity index (χ4n) is 1.94. The smallest absolute Gasteiger partial charge is 0.244 e. The Labute approximate surface area is 115 Å². The average molecular weight is 276 g/mol. The van der Waals surface area contributed by atoms with Gasteiger partial charge in [-0.05, 0) is 30.7 Å². The van der Waals surface area contributed by atoms with Gasteiger partial charge in [-0.25, -0.2) is 8.78 Å². The molecule has 0 spiro atoms. The van der Waals surface area contributed by atoms with Crippen LogP contribution in [-0.2, 0) is 4.79 Å². The summed E-state index contributed by atoms with van der Waals surface area (Å²) in [4.78, 5) is 11.5. The summed E-state index contributed by atoms with van der Waals surface area (Å²) in [6, 6.07) is 9.21. The first-order valence-corrected chi connectivity index (χ1v) is 6.05. The molecule has 3 nitrogen and oxygen atoms in total. The Balaban J connectivity index is 2.34. The lowest BCUT2D eigenvalue weighted by Gasteiger charge is -2.18. The van der Waals surface area contributed by atoms with E-state index in [2.05, 4.69) is 5.32 Å². The quantitative estimate of drug-likeness (QED) is 0.902. The molecule has 2 aromatic carbocycles. The van der Waals surface area contributed by atoms with Gasteiger partial charge in [0.25, 0.3) is 0 Å². The van der Waals surface area contributed by atoms with Crippen molar-refractivity contribution in [1.29, 1.82) is 0 Å². The maximum absolute atomic E-state index is 13.8. The molecule has 1 amide bonds. The number of nitrogens with one attached hydrogen (secondary N) is 1. The normalized spacial score (nSPS) is 11.9. The fourth-order valence-corrected chi connectivity index (χ4v) is 1.94. The summed E-state index contributed by atoms with van der Waals surface area (Å²) in [5, 5.41) is 2.86. The molecule has 0 bridgehead atoms. The van der Waals surface area contributed by atoms with Gasteiger partial charge >= 0.3 is 0 Å². The molecule has 5 heteroatoms. The molecule has 1 unspecified atom stereocenters. The number of carbonyl (C=O) groups is 1. The molecule has 0 aliphatic carbocycles. The van der Waals surface area contributed by atoms with Crippen LogP contribution in [0, 0.1) is 18.6 Å². The van der Waals surface area contributed by atoms with Crippen molar-refractivity contribution in [2.75, 3.05) is 5.32 Å². The molecule has 2 aromatic rings. The lowest BCUT2D eigenvalue weighted by molar-refractivity contribution is -0.118. The molecule has 0 aromatic heterocycles. The van der Waals surface area contributed by atoms with E-state index in [1.165, 1.54) is 6.07 Å². The highest BCUT2D eigenvalue weighted by molar-refractivity contribution is 5.84. The van der Waals surface area contributed by atoms with Crippen molar-refractivity contribution in [1.82, 2.24) is 0 Å². The van der Waals surface area contributed by atoms with Crippen LogP contribution in [0.1, 0.15) is 17.2 Å². The molecule has 3 N–H and O–H groups in total. The van der Waals surface area contributed by atoms with Crippen molar-refractivity contribution in [3.8, 4) is 0 Å². The zero-order chi connectivity index (χ0) is 14.7. The van der Waals surface area contributed by atoms with Gasteiger partial charge in [0, 0.05) is 17.3 Å². The first-order valence-electron chi connectivity index (χ1n) is 6.05. The molecule has 1 atom stereocenters. The van der Waals surface area contributed by atoms with E-state index in [9.17, 15) is 13.6 Å². The van der Waals surface area contributed by atoms with E-state index in [1.807, 2.05) is 13.0 Å². The Hall–Kier alpha value is -2.43. The summed E-state index contributed by atoms with van der Waals surface area (Å²) < 4.78 is 26.7. The van der Waals surface area contributed by atoms with Crippen molar-refractivity contribution in [2.24, 2.45) is 5.73 Å². The van der Waals surface area contributed by atoms with E-state index < -0.39 is 23.6 Å². The predicted molar refractivity (Wildman–Crippen MR) is 73.1 cm³/mol. The number of hydrogen-bond acceptors (Lipinski definition) is 2. The van der Waals surface area contributed by atoms with Gasteiger partial charge in [-0.1, -0.05) is 18.2 Å². The minimum absolute atomic E-state index is 0.0143. The van der Waals surface area contributed by atoms with Gasteiger partial charge in [-0.2, -0.15) is 0 Å². The number of amides is 1. The van der Waals surface area contributed by atoms with E-state index >= 15 is 0 Å². The van der Waals surface area contributed by atoms with Crippen LogP contribution < -0.4 is 11.1 Å². The van der Waals surface area contributed by atoms with Gasteiger partial charge in [0.15, 0.2) is 0 Å². The third kappa shape index (κ3) is 3.12. The molecule has 0 saturated heterocycles. The summed E-state index contributed by atoms with van der Waals surface area (Å²) in [5.41, 5.74) is 6.93. The van der Waals surface area contributed by atoms with E-state index in [1.54, 1.807) is 18.2 Å². The SMILES string of the molecule is Cc1cccc(NC(C(N)=O)c2ccc(F)cc2F)c1. The molecule has 0 saturated carbocycles. The highest BCUT2D eigenvalue weighted by Crippen LogP contribution is 2.23. The molecule has 0 aliphatic heterocycles. The number of rotatable bonds is 4. The number of primary amides is 1.